The molecule has 1 N–H and O–H groups in total. The van der Waals surface area contributed by atoms with E-state index in [1.165, 1.54) is 0 Å². The van der Waals surface area contributed by atoms with E-state index in [1.807, 2.05) is 31.2 Å². The van der Waals surface area contributed by atoms with E-state index in [1.54, 1.807) is 19.0 Å². The van der Waals surface area contributed by atoms with Crippen LogP contribution in [0, 0.1) is 18.3 Å². The van der Waals surface area contributed by atoms with E-state index < -0.39 is 0 Å². The minimum absolute atomic E-state index is 0.0618. The van der Waals surface area contributed by atoms with E-state index in [0.717, 1.165) is 11.3 Å². The van der Waals surface area contributed by atoms with Crippen LogP contribution < -0.4 is 5.32 Å². The van der Waals surface area contributed by atoms with Crippen LogP contribution in [0.3, 0.4) is 0 Å². The summed E-state index contributed by atoms with van der Waals surface area (Å²) in [5.74, 6) is -0.0618. The Balaban J connectivity index is 2.95. The highest BCUT2D eigenvalue weighted by Gasteiger charge is 2.15. The SMILES string of the molecule is CNc1ccc(C)cc1C(=O)N(C)CCC#N. The lowest BCUT2D eigenvalue weighted by Crippen LogP contribution is -2.28. The summed E-state index contributed by atoms with van der Waals surface area (Å²) in [6, 6.07) is 7.74. The van der Waals surface area contributed by atoms with Gasteiger partial charge in [0.2, 0.25) is 0 Å². The van der Waals surface area contributed by atoms with Crippen molar-refractivity contribution in [3.8, 4) is 6.07 Å². The van der Waals surface area contributed by atoms with Crippen molar-refractivity contribution in [1.29, 1.82) is 5.26 Å². The molecule has 4 nitrogen and oxygen atoms in total. The molecule has 0 atom stereocenters. The quantitative estimate of drug-likeness (QED) is 0.862. The van der Waals surface area contributed by atoms with E-state index >= 15 is 0 Å². The van der Waals surface area contributed by atoms with Gasteiger partial charge in [-0.2, -0.15) is 5.26 Å². The highest BCUT2D eigenvalue weighted by molar-refractivity contribution is 5.99. The van der Waals surface area contributed by atoms with Crippen LogP contribution in [-0.4, -0.2) is 31.4 Å². The van der Waals surface area contributed by atoms with E-state index in [0.29, 0.717) is 18.5 Å². The molecule has 1 amide bonds. The van der Waals surface area contributed by atoms with Gasteiger partial charge in [-0.1, -0.05) is 11.6 Å². The minimum Gasteiger partial charge on any atom is -0.387 e. The molecular formula is C13H17N3O. The molecule has 0 aliphatic heterocycles. The highest BCUT2D eigenvalue weighted by Crippen LogP contribution is 2.18. The second-order valence-electron chi connectivity index (χ2n) is 3.93. The Morgan fingerprint density at radius 3 is 2.82 bits per heavy atom. The zero-order valence-electron chi connectivity index (χ0n) is 10.4. The van der Waals surface area contributed by atoms with Crippen LogP contribution in [0.25, 0.3) is 0 Å². The lowest BCUT2D eigenvalue weighted by atomic mass is 10.1. The molecule has 0 bridgehead atoms. The first kappa shape index (κ1) is 13.0. The Labute approximate surface area is 102 Å². The molecule has 17 heavy (non-hydrogen) atoms. The van der Waals surface area contributed by atoms with Gasteiger partial charge in [-0.25, -0.2) is 0 Å². The molecule has 0 aliphatic rings. The summed E-state index contributed by atoms with van der Waals surface area (Å²) in [5, 5.41) is 11.5. The van der Waals surface area contributed by atoms with Gasteiger partial charge in [0, 0.05) is 26.3 Å². The van der Waals surface area contributed by atoms with E-state index in [9.17, 15) is 4.79 Å². The molecule has 0 radical (unpaired) electrons. The number of amides is 1. The van der Waals surface area contributed by atoms with Gasteiger partial charge in [0.15, 0.2) is 0 Å². The maximum Gasteiger partial charge on any atom is 0.255 e. The molecule has 90 valence electrons. The zero-order valence-corrected chi connectivity index (χ0v) is 10.4. The summed E-state index contributed by atoms with van der Waals surface area (Å²) in [4.78, 5) is 13.7. The number of aryl methyl sites for hydroxylation is 1. The molecule has 0 saturated heterocycles. The summed E-state index contributed by atoms with van der Waals surface area (Å²) >= 11 is 0. The van der Waals surface area contributed by atoms with Crippen LogP contribution in [0.5, 0.6) is 0 Å². The first-order chi connectivity index (χ1) is 8.10. The van der Waals surface area contributed by atoms with Crippen LogP contribution >= 0.6 is 0 Å². The predicted molar refractivity (Wildman–Crippen MR) is 67.9 cm³/mol. The Kier molecular flexibility index (Phi) is 4.53. The third-order valence-corrected chi connectivity index (χ3v) is 2.58. The first-order valence-corrected chi connectivity index (χ1v) is 5.51. The Hall–Kier alpha value is -2.02. The zero-order chi connectivity index (χ0) is 12.8. The number of nitrogens with zero attached hydrogens (tertiary/aromatic N) is 2. The predicted octanol–water partition coefficient (Wildman–Crippen LogP) is 2.02. The van der Waals surface area contributed by atoms with E-state index in [-0.39, 0.29) is 5.91 Å². The second kappa shape index (κ2) is 5.90. The molecular weight excluding hydrogens is 214 g/mol. The summed E-state index contributed by atoms with van der Waals surface area (Å²) in [6.45, 7) is 2.40. The highest BCUT2D eigenvalue weighted by atomic mass is 16.2. The van der Waals surface area contributed by atoms with Gasteiger partial charge in [-0.3, -0.25) is 4.79 Å². The largest absolute Gasteiger partial charge is 0.387 e. The third-order valence-electron chi connectivity index (χ3n) is 2.58. The van der Waals surface area contributed by atoms with Crippen molar-refractivity contribution < 1.29 is 4.79 Å². The van der Waals surface area contributed by atoms with Gasteiger partial charge >= 0.3 is 0 Å². The fourth-order valence-corrected chi connectivity index (χ4v) is 1.58. The Morgan fingerprint density at radius 1 is 1.53 bits per heavy atom. The lowest BCUT2D eigenvalue weighted by molar-refractivity contribution is 0.0799. The first-order valence-electron chi connectivity index (χ1n) is 5.51. The van der Waals surface area contributed by atoms with Gasteiger partial charge in [0.25, 0.3) is 5.91 Å². The normalized spacial score (nSPS) is 9.53. The average Bonchev–Trinajstić information content (AvgIpc) is 2.34. The van der Waals surface area contributed by atoms with E-state index in [2.05, 4.69) is 5.32 Å². The standard InChI is InChI=1S/C13H17N3O/c1-10-5-6-12(15-2)11(9-10)13(17)16(3)8-4-7-14/h5-6,9,15H,4,8H2,1-3H3. The fraction of sp³-hybridized carbons (Fsp3) is 0.385. The third kappa shape index (κ3) is 3.22. The average molecular weight is 231 g/mol. The van der Waals surface area contributed by atoms with Crippen LogP contribution in [0.2, 0.25) is 0 Å². The van der Waals surface area contributed by atoms with Crippen molar-refractivity contribution in [2.75, 3.05) is 26.0 Å². The summed E-state index contributed by atoms with van der Waals surface area (Å²) < 4.78 is 0. The van der Waals surface area contributed by atoms with E-state index in [4.69, 9.17) is 5.26 Å². The summed E-state index contributed by atoms with van der Waals surface area (Å²) in [6.07, 6.45) is 0.350. The number of hydrogen-bond donors (Lipinski definition) is 1. The Morgan fingerprint density at radius 2 is 2.24 bits per heavy atom. The summed E-state index contributed by atoms with van der Waals surface area (Å²) in [5.41, 5.74) is 2.50. The van der Waals surface area contributed by atoms with Crippen molar-refractivity contribution in [3.05, 3.63) is 29.3 Å². The monoisotopic (exact) mass is 231 g/mol. The topological polar surface area (TPSA) is 56.1 Å². The van der Waals surface area contributed by atoms with Crippen molar-refractivity contribution in [2.45, 2.75) is 13.3 Å². The molecule has 0 fully saturated rings. The molecule has 0 saturated carbocycles. The van der Waals surface area contributed by atoms with Crippen molar-refractivity contribution in [1.82, 2.24) is 4.90 Å². The van der Waals surface area contributed by atoms with Crippen LogP contribution in [0.4, 0.5) is 5.69 Å². The number of anilines is 1. The van der Waals surface area contributed by atoms with Crippen LogP contribution in [-0.2, 0) is 0 Å². The fourth-order valence-electron chi connectivity index (χ4n) is 1.58. The van der Waals surface area contributed by atoms with Crippen molar-refractivity contribution >= 4 is 11.6 Å². The van der Waals surface area contributed by atoms with Gasteiger partial charge in [-0.15, -0.1) is 0 Å². The van der Waals surface area contributed by atoms with Gasteiger partial charge in [0.05, 0.1) is 18.1 Å². The molecule has 1 aromatic rings. The molecule has 1 aromatic carbocycles. The smallest absolute Gasteiger partial charge is 0.255 e. The maximum atomic E-state index is 12.2. The van der Waals surface area contributed by atoms with Gasteiger partial charge in [0.1, 0.15) is 0 Å². The number of rotatable bonds is 4. The number of nitrogens with one attached hydrogen (secondary N) is 1. The maximum absolute atomic E-state index is 12.2. The van der Waals surface area contributed by atoms with Crippen LogP contribution in [0.1, 0.15) is 22.3 Å². The number of benzene rings is 1. The molecule has 1 rings (SSSR count). The lowest BCUT2D eigenvalue weighted by Gasteiger charge is -2.18. The van der Waals surface area contributed by atoms with Gasteiger partial charge in [-0.05, 0) is 19.1 Å². The molecule has 0 aliphatic carbocycles. The molecule has 0 spiro atoms. The van der Waals surface area contributed by atoms with Crippen LogP contribution in [0.15, 0.2) is 18.2 Å². The molecule has 0 heterocycles. The molecule has 4 heteroatoms. The molecule has 0 aromatic heterocycles. The number of nitriles is 1. The minimum atomic E-state index is -0.0618. The van der Waals surface area contributed by atoms with Crippen molar-refractivity contribution in [2.24, 2.45) is 0 Å². The number of hydrogen-bond acceptors (Lipinski definition) is 3. The van der Waals surface area contributed by atoms with Gasteiger partial charge < -0.3 is 10.2 Å². The number of carbonyl (C=O) groups excluding carboxylic acids is 1. The second-order valence-corrected chi connectivity index (χ2v) is 3.93. The summed E-state index contributed by atoms with van der Waals surface area (Å²) in [7, 11) is 3.50. The van der Waals surface area contributed by atoms with Crippen molar-refractivity contribution in [3.63, 3.8) is 0 Å². The Bertz CT molecular complexity index is 448. The number of carbonyl (C=O) groups is 1. The molecule has 0 unspecified atom stereocenters.